The van der Waals surface area contributed by atoms with Crippen LogP contribution in [0.3, 0.4) is 0 Å². The molecule has 0 saturated carbocycles. The minimum Gasteiger partial charge on any atom is -0.411 e. The fourth-order valence-electron chi connectivity index (χ4n) is 1.23. The molecule has 0 radical (unpaired) electrons. The van der Waals surface area contributed by atoms with Gasteiger partial charge in [-0.2, -0.15) is 0 Å². The van der Waals surface area contributed by atoms with Crippen LogP contribution in [0.1, 0.15) is 5.56 Å². The van der Waals surface area contributed by atoms with Crippen LogP contribution in [-0.2, 0) is 0 Å². The molecule has 1 aromatic heterocycles. The van der Waals surface area contributed by atoms with E-state index in [0.29, 0.717) is 10.9 Å². The number of halogens is 1. The van der Waals surface area contributed by atoms with Crippen molar-refractivity contribution in [1.82, 2.24) is 4.98 Å². The predicted octanol–water partition coefficient (Wildman–Crippen LogP) is 2.26. The Balaban J connectivity index is 3.06. The zero-order chi connectivity index (χ0) is 9.42. The maximum Gasteiger partial charge on any atom is 0.346 e. The third-order valence-corrected chi connectivity index (χ3v) is 2.79. The highest BCUT2D eigenvalue weighted by Crippen LogP contribution is 2.21. The van der Waals surface area contributed by atoms with E-state index in [0.717, 1.165) is 16.4 Å². The number of fused-ring (bicyclic) bond motifs is 1. The molecule has 1 heterocycles. The molecule has 0 N–H and O–H groups in total. The number of hydrogen-bond acceptors (Lipinski definition) is 3. The molecule has 1 aromatic carbocycles. The summed E-state index contributed by atoms with van der Waals surface area (Å²) in [4.78, 5) is 15.3. The van der Waals surface area contributed by atoms with Crippen molar-refractivity contribution < 1.29 is 4.42 Å². The van der Waals surface area contributed by atoms with Gasteiger partial charge in [0.2, 0.25) is 0 Å². The second-order valence-electron chi connectivity index (χ2n) is 2.71. The molecular formula is C9H6BrNO2. The molecule has 2 aromatic rings. The quantitative estimate of drug-likeness (QED) is 0.709. The van der Waals surface area contributed by atoms with Crippen LogP contribution < -0.4 is 5.63 Å². The zero-order valence-electron chi connectivity index (χ0n) is 6.87. The van der Waals surface area contributed by atoms with E-state index in [4.69, 9.17) is 0 Å². The molecule has 4 heteroatoms. The number of benzene rings is 1. The molecule has 2 rings (SSSR count). The van der Waals surface area contributed by atoms with Crippen molar-refractivity contribution >= 4 is 26.8 Å². The highest BCUT2D eigenvalue weighted by atomic mass is 79.9. The van der Waals surface area contributed by atoms with Crippen LogP contribution in [-0.4, -0.2) is 4.98 Å². The number of aryl methyl sites for hydroxylation is 1. The Hall–Kier alpha value is -1.16. The molecule has 0 saturated heterocycles. The summed E-state index contributed by atoms with van der Waals surface area (Å²) in [5, 5.41) is 0.539. The van der Waals surface area contributed by atoms with Gasteiger partial charge in [-0.05, 0) is 24.6 Å². The van der Waals surface area contributed by atoms with Crippen LogP contribution >= 0.6 is 15.9 Å². The van der Waals surface area contributed by atoms with Crippen molar-refractivity contribution in [3.8, 4) is 0 Å². The molecule has 0 amide bonds. The van der Waals surface area contributed by atoms with E-state index >= 15 is 0 Å². The van der Waals surface area contributed by atoms with Crippen LogP contribution in [0.2, 0.25) is 0 Å². The Morgan fingerprint density at radius 3 is 3.00 bits per heavy atom. The van der Waals surface area contributed by atoms with Crippen molar-refractivity contribution in [2.45, 2.75) is 6.92 Å². The normalized spacial score (nSPS) is 10.6. The van der Waals surface area contributed by atoms with E-state index in [9.17, 15) is 4.79 Å². The highest BCUT2D eigenvalue weighted by Gasteiger charge is 2.06. The van der Waals surface area contributed by atoms with E-state index < -0.39 is 0 Å². The van der Waals surface area contributed by atoms with Gasteiger partial charge in [-0.3, -0.25) is 0 Å². The van der Waals surface area contributed by atoms with E-state index in [-0.39, 0.29) is 5.63 Å². The first-order valence-electron chi connectivity index (χ1n) is 3.73. The van der Waals surface area contributed by atoms with Gasteiger partial charge in [0.05, 0.1) is 10.9 Å². The first kappa shape index (κ1) is 8.44. The molecule has 0 atom stereocenters. The summed E-state index contributed by atoms with van der Waals surface area (Å²) in [6.07, 6.45) is 1.16. The Bertz CT molecular complexity index is 518. The average molecular weight is 240 g/mol. The molecule has 0 aliphatic heterocycles. The van der Waals surface area contributed by atoms with Crippen molar-refractivity contribution in [2.75, 3.05) is 0 Å². The average Bonchev–Trinajstić information content (AvgIpc) is 2.12. The minimum atomic E-state index is -0.344. The standard InChI is InChI=1S/C9H6BrNO2/c1-5-6(10)2-3-7-8(5)9(12)13-4-11-7/h2-4H,1H3. The van der Waals surface area contributed by atoms with Crippen molar-refractivity contribution in [3.63, 3.8) is 0 Å². The molecule has 0 fully saturated rings. The largest absolute Gasteiger partial charge is 0.411 e. The van der Waals surface area contributed by atoms with Gasteiger partial charge in [0, 0.05) is 4.47 Å². The molecule has 66 valence electrons. The van der Waals surface area contributed by atoms with E-state index in [1.165, 1.54) is 0 Å². The van der Waals surface area contributed by atoms with Gasteiger partial charge in [-0.15, -0.1) is 0 Å². The van der Waals surface area contributed by atoms with E-state index in [1.807, 2.05) is 13.0 Å². The molecular weight excluding hydrogens is 234 g/mol. The van der Waals surface area contributed by atoms with Crippen molar-refractivity contribution in [1.29, 1.82) is 0 Å². The molecule has 3 nitrogen and oxygen atoms in total. The number of rotatable bonds is 0. The van der Waals surface area contributed by atoms with Crippen LogP contribution in [0.25, 0.3) is 10.9 Å². The molecule has 0 unspecified atom stereocenters. The number of nitrogens with zero attached hydrogens (tertiary/aromatic N) is 1. The maximum absolute atomic E-state index is 11.3. The molecule has 0 bridgehead atoms. The molecule has 0 spiro atoms. The topological polar surface area (TPSA) is 43.1 Å². The van der Waals surface area contributed by atoms with E-state index in [1.54, 1.807) is 6.07 Å². The van der Waals surface area contributed by atoms with Gasteiger partial charge in [0.25, 0.3) is 0 Å². The monoisotopic (exact) mass is 239 g/mol. The lowest BCUT2D eigenvalue weighted by atomic mass is 10.1. The fraction of sp³-hybridized carbons (Fsp3) is 0.111. The summed E-state index contributed by atoms with van der Waals surface area (Å²) in [5.74, 6) is 0. The summed E-state index contributed by atoms with van der Waals surface area (Å²) in [6, 6.07) is 3.65. The maximum atomic E-state index is 11.3. The summed E-state index contributed by atoms with van der Waals surface area (Å²) in [7, 11) is 0. The zero-order valence-corrected chi connectivity index (χ0v) is 8.46. The predicted molar refractivity (Wildman–Crippen MR) is 52.7 cm³/mol. The van der Waals surface area contributed by atoms with Gasteiger partial charge in [-0.1, -0.05) is 15.9 Å². The van der Waals surface area contributed by atoms with Crippen LogP contribution in [0.5, 0.6) is 0 Å². The summed E-state index contributed by atoms with van der Waals surface area (Å²) >= 11 is 3.34. The second kappa shape index (κ2) is 2.96. The van der Waals surface area contributed by atoms with Crippen molar-refractivity contribution in [2.24, 2.45) is 0 Å². The first-order valence-corrected chi connectivity index (χ1v) is 4.52. The lowest BCUT2D eigenvalue weighted by Gasteiger charge is -2.00. The third-order valence-electron chi connectivity index (χ3n) is 1.93. The minimum absolute atomic E-state index is 0.344. The Morgan fingerprint density at radius 1 is 1.46 bits per heavy atom. The SMILES string of the molecule is Cc1c(Br)ccc2ncoc(=O)c12. The highest BCUT2D eigenvalue weighted by molar-refractivity contribution is 9.10. The van der Waals surface area contributed by atoms with Gasteiger partial charge in [0.1, 0.15) is 0 Å². The van der Waals surface area contributed by atoms with Crippen LogP contribution in [0.4, 0.5) is 0 Å². The molecule has 13 heavy (non-hydrogen) atoms. The first-order chi connectivity index (χ1) is 6.20. The smallest absolute Gasteiger partial charge is 0.346 e. The number of hydrogen-bond donors (Lipinski definition) is 0. The van der Waals surface area contributed by atoms with Crippen LogP contribution in [0, 0.1) is 6.92 Å². The van der Waals surface area contributed by atoms with Gasteiger partial charge in [0.15, 0.2) is 6.39 Å². The van der Waals surface area contributed by atoms with Crippen LogP contribution in [0.15, 0.2) is 32.2 Å². The van der Waals surface area contributed by atoms with Crippen molar-refractivity contribution in [3.05, 3.63) is 39.0 Å². The summed E-state index contributed by atoms with van der Waals surface area (Å²) in [5.41, 5.74) is 1.18. The van der Waals surface area contributed by atoms with Gasteiger partial charge in [-0.25, -0.2) is 9.78 Å². The summed E-state index contributed by atoms with van der Waals surface area (Å²) in [6.45, 7) is 1.85. The van der Waals surface area contributed by atoms with E-state index in [2.05, 4.69) is 25.3 Å². The lowest BCUT2D eigenvalue weighted by molar-refractivity contribution is 0.501. The Morgan fingerprint density at radius 2 is 2.23 bits per heavy atom. The third kappa shape index (κ3) is 1.27. The Kier molecular flexibility index (Phi) is 1.92. The summed E-state index contributed by atoms with van der Waals surface area (Å²) < 4.78 is 5.58. The molecule has 0 aliphatic carbocycles. The fourth-order valence-corrected chi connectivity index (χ4v) is 1.56. The Labute approximate surface area is 82.5 Å². The van der Waals surface area contributed by atoms with Gasteiger partial charge >= 0.3 is 5.63 Å². The molecule has 0 aliphatic rings. The lowest BCUT2D eigenvalue weighted by Crippen LogP contribution is -2.02. The number of aromatic nitrogens is 1. The van der Waals surface area contributed by atoms with Gasteiger partial charge < -0.3 is 4.42 Å². The second-order valence-corrected chi connectivity index (χ2v) is 3.56.